The standard InChI is InChI=1S/C25H19ClN2O2/c1-15-23(16(2)29)24(17-6-4-3-5-7-17)21-14-20(12-13-22(21)27-15)28-25(30)18-8-10-19(26)11-9-18/h3-14H,1-2H3,(H,28,30). The van der Waals surface area contributed by atoms with Crippen LogP contribution in [0.3, 0.4) is 0 Å². The Morgan fingerprint density at radius 2 is 1.63 bits per heavy atom. The lowest BCUT2D eigenvalue weighted by molar-refractivity contribution is 0.101. The van der Waals surface area contributed by atoms with E-state index in [1.165, 1.54) is 0 Å². The summed E-state index contributed by atoms with van der Waals surface area (Å²) >= 11 is 5.90. The van der Waals surface area contributed by atoms with Crippen molar-refractivity contribution in [1.82, 2.24) is 4.98 Å². The molecule has 0 atom stereocenters. The summed E-state index contributed by atoms with van der Waals surface area (Å²) in [7, 11) is 0. The molecule has 0 unspecified atom stereocenters. The van der Waals surface area contributed by atoms with E-state index < -0.39 is 0 Å². The van der Waals surface area contributed by atoms with Crippen LogP contribution in [0.2, 0.25) is 5.02 Å². The van der Waals surface area contributed by atoms with Crippen molar-refractivity contribution in [1.29, 1.82) is 0 Å². The molecule has 0 aliphatic rings. The van der Waals surface area contributed by atoms with E-state index in [2.05, 4.69) is 10.3 Å². The van der Waals surface area contributed by atoms with Gasteiger partial charge >= 0.3 is 0 Å². The van der Waals surface area contributed by atoms with Gasteiger partial charge in [0.25, 0.3) is 5.91 Å². The quantitative estimate of drug-likeness (QED) is 0.397. The van der Waals surface area contributed by atoms with E-state index >= 15 is 0 Å². The second-order valence-electron chi connectivity index (χ2n) is 7.06. The first kappa shape index (κ1) is 19.8. The van der Waals surface area contributed by atoms with Crippen LogP contribution >= 0.6 is 11.6 Å². The minimum absolute atomic E-state index is 0.0450. The number of benzene rings is 3. The van der Waals surface area contributed by atoms with Gasteiger partial charge in [-0.05, 0) is 61.9 Å². The third-order valence-electron chi connectivity index (χ3n) is 4.94. The molecule has 4 rings (SSSR count). The van der Waals surface area contributed by atoms with Crippen LogP contribution in [0.25, 0.3) is 22.0 Å². The maximum atomic E-state index is 12.6. The minimum atomic E-state index is -0.237. The number of pyridine rings is 1. The van der Waals surface area contributed by atoms with Crippen molar-refractivity contribution in [2.45, 2.75) is 13.8 Å². The molecular weight excluding hydrogens is 396 g/mol. The van der Waals surface area contributed by atoms with Crippen LogP contribution in [0.4, 0.5) is 5.69 Å². The maximum absolute atomic E-state index is 12.6. The summed E-state index contributed by atoms with van der Waals surface area (Å²) in [6.07, 6.45) is 0. The van der Waals surface area contributed by atoms with Gasteiger partial charge in [-0.25, -0.2) is 0 Å². The highest BCUT2D eigenvalue weighted by Gasteiger charge is 2.18. The Labute approximate surface area is 179 Å². The second-order valence-corrected chi connectivity index (χ2v) is 7.50. The molecule has 0 aliphatic carbocycles. The molecule has 0 fully saturated rings. The zero-order chi connectivity index (χ0) is 21.3. The van der Waals surface area contributed by atoms with Gasteiger partial charge in [-0.1, -0.05) is 41.9 Å². The van der Waals surface area contributed by atoms with Crippen LogP contribution in [0, 0.1) is 6.92 Å². The predicted molar refractivity (Wildman–Crippen MR) is 121 cm³/mol. The molecule has 0 aliphatic heterocycles. The number of hydrogen-bond donors (Lipinski definition) is 1. The number of Topliss-reactive ketones (excluding diaryl/α,β-unsaturated/α-hetero) is 1. The van der Waals surface area contributed by atoms with Crippen LogP contribution in [0.1, 0.15) is 33.3 Å². The molecule has 1 aromatic heterocycles. The van der Waals surface area contributed by atoms with Gasteiger partial charge in [-0.3, -0.25) is 14.6 Å². The Hall–Kier alpha value is -3.50. The Kier molecular flexibility index (Phi) is 5.34. The number of halogens is 1. The van der Waals surface area contributed by atoms with Crippen molar-refractivity contribution in [2.24, 2.45) is 0 Å². The molecule has 4 nitrogen and oxygen atoms in total. The van der Waals surface area contributed by atoms with Gasteiger partial charge in [-0.15, -0.1) is 0 Å². The van der Waals surface area contributed by atoms with E-state index in [0.717, 1.165) is 22.0 Å². The fraction of sp³-hybridized carbons (Fsp3) is 0.0800. The molecule has 4 aromatic rings. The Bertz CT molecular complexity index is 1270. The van der Waals surface area contributed by atoms with Gasteiger partial charge in [-0.2, -0.15) is 0 Å². The van der Waals surface area contributed by atoms with E-state index in [9.17, 15) is 9.59 Å². The molecule has 0 bridgehead atoms. The lowest BCUT2D eigenvalue weighted by Gasteiger charge is -2.15. The highest BCUT2D eigenvalue weighted by molar-refractivity contribution is 6.30. The number of hydrogen-bond acceptors (Lipinski definition) is 3. The topological polar surface area (TPSA) is 59.1 Å². The van der Waals surface area contributed by atoms with Crippen molar-refractivity contribution < 1.29 is 9.59 Å². The molecule has 0 radical (unpaired) electrons. The molecule has 1 heterocycles. The Balaban J connectivity index is 1.85. The number of nitrogens with one attached hydrogen (secondary N) is 1. The molecule has 0 saturated carbocycles. The van der Waals surface area contributed by atoms with Gasteiger partial charge in [0, 0.05) is 38.5 Å². The first-order valence-electron chi connectivity index (χ1n) is 9.51. The fourth-order valence-electron chi connectivity index (χ4n) is 3.60. The maximum Gasteiger partial charge on any atom is 0.255 e. The molecule has 1 N–H and O–H groups in total. The van der Waals surface area contributed by atoms with Crippen molar-refractivity contribution in [2.75, 3.05) is 5.32 Å². The van der Waals surface area contributed by atoms with Gasteiger partial charge in [0.05, 0.1) is 5.52 Å². The summed E-state index contributed by atoms with van der Waals surface area (Å²) in [5.41, 5.74) is 4.93. The average molecular weight is 415 g/mol. The number of carbonyl (C=O) groups excluding carboxylic acids is 2. The number of rotatable bonds is 4. The van der Waals surface area contributed by atoms with Crippen molar-refractivity contribution >= 4 is 39.9 Å². The molecular formula is C25H19ClN2O2. The normalized spacial score (nSPS) is 10.8. The summed E-state index contributed by atoms with van der Waals surface area (Å²) in [4.78, 5) is 29.7. The van der Waals surface area contributed by atoms with E-state index in [4.69, 9.17) is 11.6 Å². The number of anilines is 1. The average Bonchev–Trinajstić information content (AvgIpc) is 2.74. The molecule has 3 aromatic carbocycles. The molecule has 1 amide bonds. The smallest absolute Gasteiger partial charge is 0.255 e. The molecule has 0 spiro atoms. The monoisotopic (exact) mass is 414 g/mol. The van der Waals surface area contributed by atoms with Crippen LogP contribution in [0.5, 0.6) is 0 Å². The van der Waals surface area contributed by atoms with Gasteiger partial charge < -0.3 is 5.32 Å². The number of amides is 1. The number of aryl methyl sites for hydroxylation is 1. The SMILES string of the molecule is CC(=O)c1c(C)nc2ccc(NC(=O)c3ccc(Cl)cc3)cc2c1-c1ccccc1. The molecule has 5 heteroatoms. The molecule has 0 saturated heterocycles. The zero-order valence-corrected chi connectivity index (χ0v) is 17.3. The summed E-state index contributed by atoms with van der Waals surface area (Å²) in [6, 6.07) is 22.0. The van der Waals surface area contributed by atoms with Crippen molar-refractivity contribution in [3.05, 3.63) is 94.6 Å². The molecule has 30 heavy (non-hydrogen) atoms. The van der Waals surface area contributed by atoms with E-state index in [1.54, 1.807) is 31.2 Å². The number of aromatic nitrogens is 1. The lowest BCUT2D eigenvalue weighted by Crippen LogP contribution is -2.12. The first-order chi connectivity index (χ1) is 14.4. The van der Waals surface area contributed by atoms with Crippen LogP contribution in [-0.4, -0.2) is 16.7 Å². The largest absolute Gasteiger partial charge is 0.322 e. The predicted octanol–water partition coefficient (Wildman–Crippen LogP) is 6.32. The summed E-state index contributed by atoms with van der Waals surface area (Å²) in [6.45, 7) is 3.40. The second kappa shape index (κ2) is 8.09. The number of fused-ring (bicyclic) bond motifs is 1. The Morgan fingerprint density at radius 1 is 0.933 bits per heavy atom. The summed E-state index contributed by atoms with van der Waals surface area (Å²) < 4.78 is 0. The number of ketones is 1. The third-order valence-corrected chi connectivity index (χ3v) is 5.20. The van der Waals surface area contributed by atoms with Crippen LogP contribution in [0.15, 0.2) is 72.8 Å². The number of carbonyl (C=O) groups is 2. The number of nitrogens with zero attached hydrogens (tertiary/aromatic N) is 1. The minimum Gasteiger partial charge on any atom is -0.322 e. The highest BCUT2D eigenvalue weighted by atomic mass is 35.5. The third kappa shape index (κ3) is 3.82. The van der Waals surface area contributed by atoms with E-state index in [0.29, 0.717) is 27.5 Å². The van der Waals surface area contributed by atoms with Gasteiger partial charge in [0.2, 0.25) is 0 Å². The van der Waals surface area contributed by atoms with Crippen molar-refractivity contribution in [3.8, 4) is 11.1 Å². The lowest BCUT2D eigenvalue weighted by atomic mass is 9.92. The van der Waals surface area contributed by atoms with Crippen LogP contribution in [-0.2, 0) is 0 Å². The Morgan fingerprint density at radius 3 is 2.30 bits per heavy atom. The van der Waals surface area contributed by atoms with Crippen molar-refractivity contribution in [3.63, 3.8) is 0 Å². The van der Waals surface area contributed by atoms with E-state index in [-0.39, 0.29) is 11.7 Å². The summed E-state index contributed by atoms with van der Waals surface area (Å²) in [5.74, 6) is -0.282. The van der Waals surface area contributed by atoms with Gasteiger partial charge in [0.1, 0.15) is 0 Å². The first-order valence-corrected chi connectivity index (χ1v) is 9.89. The van der Waals surface area contributed by atoms with Crippen LogP contribution < -0.4 is 5.32 Å². The zero-order valence-electron chi connectivity index (χ0n) is 16.6. The fourth-order valence-corrected chi connectivity index (χ4v) is 3.73. The molecule has 148 valence electrons. The van der Waals surface area contributed by atoms with E-state index in [1.807, 2.05) is 55.5 Å². The highest BCUT2D eigenvalue weighted by Crippen LogP contribution is 2.34. The summed E-state index contributed by atoms with van der Waals surface area (Å²) in [5, 5.41) is 4.30. The van der Waals surface area contributed by atoms with Gasteiger partial charge in [0.15, 0.2) is 5.78 Å².